The standard InChI is InChI=1S/C24H18ClFN2O2/c1-27(14-16-5-3-2-4-6-16)24(30)23(29)21-15-28(19-10-8-18(26)9-11-19)22-12-7-17(25)13-20(21)22/h2-13,15H,14H2,1H3. The monoisotopic (exact) mass is 420 g/mol. The SMILES string of the molecule is CN(Cc1ccccc1)C(=O)C(=O)c1cn(-c2ccc(F)cc2)c2ccc(Cl)cc12. The first-order valence-electron chi connectivity index (χ1n) is 9.34. The van der Waals surface area contributed by atoms with Gasteiger partial charge in [0.05, 0.1) is 11.1 Å². The highest BCUT2D eigenvalue weighted by Gasteiger charge is 2.25. The smallest absolute Gasteiger partial charge is 0.295 e. The van der Waals surface area contributed by atoms with Crippen LogP contribution >= 0.6 is 11.6 Å². The lowest BCUT2D eigenvalue weighted by atomic mass is 10.1. The first kappa shape index (κ1) is 19.9. The van der Waals surface area contributed by atoms with Crippen LogP contribution in [0.1, 0.15) is 15.9 Å². The molecule has 0 atom stereocenters. The Morgan fingerprint density at radius 2 is 1.70 bits per heavy atom. The van der Waals surface area contributed by atoms with Gasteiger partial charge in [0.1, 0.15) is 5.82 Å². The van der Waals surface area contributed by atoms with Crippen LogP contribution in [0, 0.1) is 5.82 Å². The summed E-state index contributed by atoms with van der Waals surface area (Å²) in [6.45, 7) is 0.322. The second-order valence-corrected chi connectivity index (χ2v) is 7.46. The third kappa shape index (κ3) is 3.84. The molecule has 4 rings (SSSR count). The molecule has 0 spiro atoms. The Morgan fingerprint density at radius 3 is 2.40 bits per heavy atom. The lowest BCUT2D eigenvalue weighted by molar-refractivity contribution is -0.125. The Kier molecular flexibility index (Phi) is 5.38. The molecule has 0 aliphatic heterocycles. The van der Waals surface area contributed by atoms with Crippen molar-refractivity contribution < 1.29 is 14.0 Å². The number of likely N-dealkylation sites (N-methyl/N-ethyl adjacent to an activating group) is 1. The number of hydrogen-bond acceptors (Lipinski definition) is 2. The summed E-state index contributed by atoms with van der Waals surface area (Å²) in [4.78, 5) is 27.3. The van der Waals surface area contributed by atoms with Crippen molar-refractivity contribution in [2.75, 3.05) is 7.05 Å². The molecular weight excluding hydrogens is 403 g/mol. The number of carbonyl (C=O) groups is 2. The zero-order chi connectivity index (χ0) is 21.3. The number of amides is 1. The molecule has 6 heteroatoms. The Balaban J connectivity index is 1.72. The minimum absolute atomic E-state index is 0.252. The van der Waals surface area contributed by atoms with Crippen LogP contribution in [0.2, 0.25) is 5.02 Å². The quantitative estimate of drug-likeness (QED) is 0.326. The van der Waals surface area contributed by atoms with Crippen LogP contribution in [-0.2, 0) is 11.3 Å². The van der Waals surface area contributed by atoms with Crippen LogP contribution < -0.4 is 0 Å². The number of halogens is 2. The van der Waals surface area contributed by atoms with E-state index in [4.69, 9.17) is 11.6 Å². The number of ketones is 1. The molecule has 0 N–H and O–H groups in total. The zero-order valence-corrected chi connectivity index (χ0v) is 16.9. The molecule has 4 nitrogen and oxygen atoms in total. The normalized spacial score (nSPS) is 10.9. The summed E-state index contributed by atoms with van der Waals surface area (Å²) in [5, 5.41) is 1.02. The van der Waals surface area contributed by atoms with Gasteiger partial charge in [0, 0.05) is 35.9 Å². The summed E-state index contributed by atoms with van der Waals surface area (Å²) in [6, 6.07) is 20.5. The fourth-order valence-electron chi connectivity index (χ4n) is 3.42. The van der Waals surface area contributed by atoms with E-state index < -0.39 is 11.7 Å². The van der Waals surface area contributed by atoms with Gasteiger partial charge in [-0.3, -0.25) is 9.59 Å². The van der Waals surface area contributed by atoms with E-state index in [9.17, 15) is 14.0 Å². The van der Waals surface area contributed by atoms with Crippen molar-refractivity contribution in [3.8, 4) is 5.69 Å². The van der Waals surface area contributed by atoms with Gasteiger partial charge in [-0.1, -0.05) is 41.9 Å². The van der Waals surface area contributed by atoms with Crippen molar-refractivity contribution in [1.29, 1.82) is 0 Å². The van der Waals surface area contributed by atoms with Gasteiger partial charge in [0.15, 0.2) is 0 Å². The van der Waals surface area contributed by atoms with Crippen molar-refractivity contribution in [3.63, 3.8) is 0 Å². The molecule has 3 aromatic carbocycles. The molecule has 0 fully saturated rings. The highest BCUT2D eigenvalue weighted by atomic mass is 35.5. The molecule has 0 aliphatic rings. The van der Waals surface area contributed by atoms with Crippen molar-refractivity contribution in [1.82, 2.24) is 9.47 Å². The van der Waals surface area contributed by atoms with E-state index in [-0.39, 0.29) is 11.4 Å². The van der Waals surface area contributed by atoms with Crippen LogP contribution in [-0.4, -0.2) is 28.2 Å². The Morgan fingerprint density at radius 1 is 1.00 bits per heavy atom. The summed E-state index contributed by atoms with van der Waals surface area (Å²) >= 11 is 6.16. The van der Waals surface area contributed by atoms with Gasteiger partial charge in [-0.2, -0.15) is 0 Å². The fourth-order valence-corrected chi connectivity index (χ4v) is 3.59. The van der Waals surface area contributed by atoms with Crippen molar-refractivity contribution in [2.45, 2.75) is 6.54 Å². The average Bonchev–Trinajstić information content (AvgIpc) is 3.12. The molecule has 0 bridgehead atoms. The maximum atomic E-state index is 13.3. The van der Waals surface area contributed by atoms with E-state index in [2.05, 4.69) is 0 Å². The van der Waals surface area contributed by atoms with Gasteiger partial charge in [0.2, 0.25) is 0 Å². The van der Waals surface area contributed by atoms with E-state index >= 15 is 0 Å². The van der Waals surface area contributed by atoms with E-state index in [1.165, 1.54) is 17.0 Å². The van der Waals surface area contributed by atoms with Crippen molar-refractivity contribution in [3.05, 3.63) is 101 Å². The second-order valence-electron chi connectivity index (χ2n) is 7.03. The molecule has 0 saturated heterocycles. The molecule has 0 saturated carbocycles. The molecule has 1 aromatic heterocycles. The van der Waals surface area contributed by atoms with Gasteiger partial charge in [0.25, 0.3) is 11.7 Å². The highest BCUT2D eigenvalue weighted by Crippen LogP contribution is 2.28. The molecular formula is C24H18ClFN2O2. The summed E-state index contributed by atoms with van der Waals surface area (Å²) in [7, 11) is 1.60. The Labute approximate surface area is 178 Å². The Bertz CT molecular complexity index is 1230. The van der Waals surface area contributed by atoms with Gasteiger partial charge in [-0.25, -0.2) is 4.39 Å². The third-order valence-corrected chi connectivity index (χ3v) is 5.15. The van der Waals surface area contributed by atoms with E-state index in [1.54, 1.807) is 48.1 Å². The number of nitrogens with zero attached hydrogens (tertiary/aromatic N) is 2. The summed E-state index contributed by atoms with van der Waals surface area (Å²) in [5.41, 5.74) is 2.56. The predicted molar refractivity (Wildman–Crippen MR) is 115 cm³/mol. The molecule has 0 unspecified atom stereocenters. The molecule has 4 aromatic rings. The maximum absolute atomic E-state index is 13.3. The van der Waals surface area contributed by atoms with E-state index in [0.717, 1.165) is 5.56 Å². The number of rotatable bonds is 5. The van der Waals surface area contributed by atoms with Gasteiger partial charge < -0.3 is 9.47 Å². The lowest BCUT2D eigenvalue weighted by Gasteiger charge is -2.16. The minimum atomic E-state index is -0.624. The first-order valence-corrected chi connectivity index (χ1v) is 9.72. The number of hydrogen-bond donors (Lipinski definition) is 0. The van der Waals surface area contributed by atoms with Crippen LogP contribution in [0.15, 0.2) is 79.0 Å². The number of carbonyl (C=O) groups excluding carboxylic acids is 2. The molecule has 1 heterocycles. The molecule has 0 aliphatic carbocycles. The maximum Gasteiger partial charge on any atom is 0.295 e. The summed E-state index contributed by atoms with van der Waals surface area (Å²) in [6.07, 6.45) is 1.60. The largest absolute Gasteiger partial charge is 0.335 e. The predicted octanol–water partition coefficient (Wildman–Crippen LogP) is 5.26. The average molecular weight is 421 g/mol. The van der Waals surface area contributed by atoms with Gasteiger partial charge in [-0.15, -0.1) is 0 Å². The van der Waals surface area contributed by atoms with Gasteiger partial charge >= 0.3 is 0 Å². The number of benzene rings is 3. The van der Waals surface area contributed by atoms with Crippen molar-refractivity contribution >= 4 is 34.2 Å². The van der Waals surface area contributed by atoms with Crippen LogP contribution in [0.5, 0.6) is 0 Å². The second kappa shape index (κ2) is 8.13. The van der Waals surface area contributed by atoms with Crippen LogP contribution in [0.4, 0.5) is 4.39 Å². The number of fused-ring (bicyclic) bond motifs is 1. The number of aromatic nitrogens is 1. The van der Waals surface area contributed by atoms with E-state index in [0.29, 0.717) is 28.2 Å². The van der Waals surface area contributed by atoms with Crippen LogP contribution in [0.3, 0.4) is 0 Å². The lowest BCUT2D eigenvalue weighted by Crippen LogP contribution is -2.32. The summed E-state index contributed by atoms with van der Waals surface area (Å²) in [5.74, 6) is -1.59. The van der Waals surface area contributed by atoms with Crippen LogP contribution in [0.25, 0.3) is 16.6 Å². The summed E-state index contributed by atoms with van der Waals surface area (Å²) < 4.78 is 15.1. The molecule has 30 heavy (non-hydrogen) atoms. The van der Waals surface area contributed by atoms with E-state index in [1.807, 2.05) is 30.3 Å². The number of Topliss-reactive ketones (excluding diaryl/α,β-unsaturated/α-hetero) is 1. The fraction of sp³-hybridized carbons (Fsp3) is 0.0833. The first-order chi connectivity index (χ1) is 14.4. The molecule has 150 valence electrons. The topological polar surface area (TPSA) is 42.3 Å². The third-order valence-electron chi connectivity index (χ3n) is 4.92. The highest BCUT2D eigenvalue weighted by molar-refractivity contribution is 6.45. The zero-order valence-electron chi connectivity index (χ0n) is 16.2. The Hall–Kier alpha value is -3.44. The molecule has 0 radical (unpaired) electrons. The van der Waals surface area contributed by atoms with Gasteiger partial charge in [-0.05, 0) is 48.0 Å². The minimum Gasteiger partial charge on any atom is -0.335 e. The molecule has 1 amide bonds. The van der Waals surface area contributed by atoms with Crippen molar-refractivity contribution in [2.24, 2.45) is 0 Å².